The second-order valence-electron chi connectivity index (χ2n) is 7.63. The number of ether oxygens (including phenoxy) is 1. The number of piperidine rings is 1. The van der Waals surface area contributed by atoms with Crippen LogP contribution in [0.5, 0.6) is 0 Å². The van der Waals surface area contributed by atoms with Gasteiger partial charge in [0.25, 0.3) is 5.91 Å². The van der Waals surface area contributed by atoms with Crippen LogP contribution in [0, 0.1) is 11.8 Å². The molecule has 1 saturated carbocycles. The van der Waals surface area contributed by atoms with Gasteiger partial charge in [0, 0.05) is 17.4 Å². The van der Waals surface area contributed by atoms with Gasteiger partial charge in [-0.15, -0.1) is 0 Å². The molecule has 1 atom stereocenters. The third kappa shape index (κ3) is 4.69. The highest BCUT2D eigenvalue weighted by atomic mass is 32.2. The van der Waals surface area contributed by atoms with Crippen LogP contribution in [0.15, 0.2) is 33.7 Å². The lowest BCUT2D eigenvalue weighted by molar-refractivity contribution is -0.119. The fraction of sp³-hybridized carbons (Fsp3) is 0.650. The molecule has 2 aliphatic carbocycles. The van der Waals surface area contributed by atoms with Crippen molar-refractivity contribution >= 4 is 29.2 Å². The molecule has 0 aromatic carbocycles. The molecule has 0 aromatic rings. The molecule has 0 spiro atoms. The number of hydrogen-bond donors (Lipinski definition) is 1. The Balaban J connectivity index is 1.41. The number of rotatable bonds is 6. The Kier molecular flexibility index (Phi) is 6.08. The number of halogens is 1. The highest BCUT2D eigenvalue weighted by Crippen LogP contribution is 2.30. The average molecular weight is 392 g/mol. The topological polar surface area (TPSA) is 63.0 Å². The van der Waals surface area contributed by atoms with Gasteiger partial charge in [-0.25, -0.2) is 9.38 Å². The number of allylic oxidation sites excluding steroid dienone is 2. The molecular formula is C20H26FN3O2S. The van der Waals surface area contributed by atoms with E-state index in [2.05, 4.69) is 15.3 Å². The van der Waals surface area contributed by atoms with Crippen LogP contribution in [0.4, 0.5) is 4.39 Å². The zero-order chi connectivity index (χ0) is 18.6. The van der Waals surface area contributed by atoms with E-state index in [0.29, 0.717) is 40.8 Å². The van der Waals surface area contributed by atoms with E-state index in [0.717, 1.165) is 25.9 Å². The molecule has 2 aliphatic heterocycles. The highest BCUT2D eigenvalue weighted by molar-refractivity contribution is 8.00. The smallest absolute Gasteiger partial charge is 0.263 e. The van der Waals surface area contributed by atoms with Gasteiger partial charge in [-0.3, -0.25) is 4.79 Å². The van der Waals surface area contributed by atoms with Crippen LogP contribution < -0.4 is 5.32 Å². The van der Waals surface area contributed by atoms with E-state index >= 15 is 0 Å². The molecule has 0 radical (unpaired) electrons. The summed E-state index contributed by atoms with van der Waals surface area (Å²) in [7, 11) is 0. The molecule has 27 heavy (non-hydrogen) atoms. The predicted molar refractivity (Wildman–Crippen MR) is 107 cm³/mol. The number of hydrogen-bond acceptors (Lipinski definition) is 5. The van der Waals surface area contributed by atoms with Gasteiger partial charge in [0.2, 0.25) is 0 Å². The van der Waals surface area contributed by atoms with Crippen LogP contribution in [-0.2, 0) is 9.53 Å². The van der Waals surface area contributed by atoms with E-state index in [-0.39, 0.29) is 0 Å². The summed E-state index contributed by atoms with van der Waals surface area (Å²) in [5.74, 6) is 0.136. The maximum absolute atomic E-state index is 14.5. The Morgan fingerprint density at radius 3 is 2.70 bits per heavy atom. The molecule has 1 unspecified atom stereocenters. The van der Waals surface area contributed by atoms with Gasteiger partial charge < -0.3 is 10.1 Å². The molecule has 2 fully saturated rings. The number of carbonyl (C=O) groups excluding carboxylic acids is 1. The number of aliphatic imine (C=N–C) groups is 2. The number of nitrogens with one attached hydrogen (secondary N) is 1. The summed E-state index contributed by atoms with van der Waals surface area (Å²) in [5.41, 5.74) is 0.428. The lowest BCUT2D eigenvalue weighted by atomic mass is 9.94. The van der Waals surface area contributed by atoms with E-state index in [9.17, 15) is 9.18 Å². The minimum absolute atomic E-state index is 0.428. The normalized spacial score (nSPS) is 26.9. The molecule has 5 nitrogen and oxygen atoms in total. The summed E-state index contributed by atoms with van der Waals surface area (Å²) in [4.78, 5) is 20.9. The number of thioether (sulfide) groups is 1. The van der Waals surface area contributed by atoms with Crippen LogP contribution in [-0.4, -0.2) is 48.2 Å². The molecule has 2 heterocycles. The van der Waals surface area contributed by atoms with Crippen LogP contribution >= 0.6 is 11.8 Å². The second kappa shape index (κ2) is 8.69. The van der Waals surface area contributed by atoms with Crippen molar-refractivity contribution in [2.45, 2.75) is 43.8 Å². The molecule has 4 rings (SSSR count). The third-order valence-corrected chi connectivity index (χ3v) is 6.95. The van der Waals surface area contributed by atoms with Gasteiger partial charge in [0.1, 0.15) is 23.3 Å². The molecule has 1 saturated heterocycles. The fourth-order valence-electron chi connectivity index (χ4n) is 4.03. The number of amidine groups is 1. The summed E-state index contributed by atoms with van der Waals surface area (Å²) in [6.07, 6.45) is 10.1. The Labute approximate surface area is 163 Å². The van der Waals surface area contributed by atoms with Gasteiger partial charge in [-0.2, -0.15) is 16.8 Å². The number of carbonyl (C=O) groups is 1. The van der Waals surface area contributed by atoms with Crippen molar-refractivity contribution in [2.75, 3.05) is 25.4 Å². The Morgan fingerprint density at radius 1 is 1.15 bits per heavy atom. The van der Waals surface area contributed by atoms with Crippen molar-refractivity contribution in [1.29, 1.82) is 0 Å². The molecule has 0 bridgehead atoms. The van der Waals surface area contributed by atoms with Gasteiger partial charge >= 0.3 is 0 Å². The zero-order valence-corrected chi connectivity index (χ0v) is 16.3. The number of fused-ring (bicyclic) bond motifs is 1. The van der Waals surface area contributed by atoms with Crippen LogP contribution in [0.2, 0.25) is 0 Å². The first kappa shape index (κ1) is 18.9. The Hall–Kier alpha value is -1.47. The maximum atomic E-state index is 14.5. The molecule has 1 amide bonds. The summed E-state index contributed by atoms with van der Waals surface area (Å²) < 4.78 is 20.3. The summed E-state index contributed by atoms with van der Waals surface area (Å²) in [6.45, 7) is 2.66. The first-order chi connectivity index (χ1) is 13.2. The van der Waals surface area contributed by atoms with Gasteiger partial charge in [-0.05, 0) is 44.7 Å². The molecule has 7 heteroatoms. The van der Waals surface area contributed by atoms with Crippen LogP contribution in [0.1, 0.15) is 38.5 Å². The van der Waals surface area contributed by atoms with E-state index in [1.807, 2.05) is 0 Å². The van der Waals surface area contributed by atoms with Gasteiger partial charge in [-0.1, -0.05) is 12.8 Å². The Bertz CT molecular complexity index is 704. The highest BCUT2D eigenvalue weighted by Gasteiger charge is 2.35. The van der Waals surface area contributed by atoms with Gasteiger partial charge in [0.15, 0.2) is 0 Å². The Morgan fingerprint density at radius 2 is 1.93 bits per heavy atom. The summed E-state index contributed by atoms with van der Waals surface area (Å²) in [5, 5.41) is 3.90. The van der Waals surface area contributed by atoms with E-state index < -0.39 is 17.7 Å². The second-order valence-corrected chi connectivity index (χ2v) is 8.92. The lowest BCUT2D eigenvalue weighted by Crippen LogP contribution is -2.32. The quantitative estimate of drug-likeness (QED) is 0.754. The fourth-order valence-corrected chi connectivity index (χ4v) is 5.11. The summed E-state index contributed by atoms with van der Waals surface area (Å²) >= 11 is 1.78. The first-order valence-corrected chi connectivity index (χ1v) is 11.0. The van der Waals surface area contributed by atoms with Crippen molar-refractivity contribution in [3.8, 4) is 0 Å². The number of nitrogens with zero attached hydrogens (tertiary/aromatic N) is 2. The van der Waals surface area contributed by atoms with Gasteiger partial charge in [0.05, 0.1) is 18.1 Å². The molecule has 1 N–H and O–H groups in total. The van der Waals surface area contributed by atoms with E-state index in [1.54, 1.807) is 17.8 Å². The van der Waals surface area contributed by atoms with Crippen molar-refractivity contribution < 1.29 is 13.9 Å². The lowest BCUT2D eigenvalue weighted by Gasteiger charge is -2.24. The van der Waals surface area contributed by atoms with Crippen molar-refractivity contribution in [3.63, 3.8) is 0 Å². The SMILES string of the molecule is O=C1N=C(CSC2CCNCC2)N=C2C=C(OCC3CCCC3)C=C(F)C12. The first-order valence-electron chi connectivity index (χ1n) is 9.93. The largest absolute Gasteiger partial charge is 0.493 e. The molecular weight excluding hydrogens is 365 g/mol. The summed E-state index contributed by atoms with van der Waals surface area (Å²) in [6, 6.07) is 0. The minimum Gasteiger partial charge on any atom is -0.493 e. The standard InChI is InChI=1S/C20H26FN3O2S/c21-16-9-14(26-11-13-3-1-2-4-13)10-17-19(16)20(25)24-18(23-17)12-27-15-5-7-22-8-6-15/h9-10,13,15,19,22H,1-8,11-12H2. The van der Waals surface area contributed by atoms with Crippen LogP contribution in [0.25, 0.3) is 0 Å². The number of amides is 1. The molecule has 0 aromatic heterocycles. The van der Waals surface area contributed by atoms with Crippen LogP contribution in [0.3, 0.4) is 0 Å². The third-order valence-electron chi connectivity index (χ3n) is 5.58. The zero-order valence-electron chi connectivity index (χ0n) is 15.5. The minimum atomic E-state index is -0.989. The van der Waals surface area contributed by atoms with E-state index in [1.165, 1.54) is 31.8 Å². The average Bonchev–Trinajstić information content (AvgIpc) is 3.19. The maximum Gasteiger partial charge on any atom is 0.263 e. The predicted octanol–water partition coefficient (Wildman–Crippen LogP) is 3.43. The molecule has 4 aliphatic rings. The van der Waals surface area contributed by atoms with Crippen molar-refractivity contribution in [3.05, 3.63) is 23.7 Å². The molecule has 146 valence electrons. The van der Waals surface area contributed by atoms with Crippen molar-refractivity contribution in [1.82, 2.24) is 5.32 Å². The van der Waals surface area contributed by atoms with E-state index in [4.69, 9.17) is 4.74 Å². The monoisotopic (exact) mass is 391 g/mol. The van der Waals surface area contributed by atoms with Crippen molar-refractivity contribution in [2.24, 2.45) is 21.8 Å².